The summed E-state index contributed by atoms with van der Waals surface area (Å²) in [6.07, 6.45) is 2.06. The number of hydrogen-bond acceptors (Lipinski definition) is 4. The molecule has 8 heteroatoms. The van der Waals surface area contributed by atoms with E-state index in [2.05, 4.69) is 10.1 Å². The Bertz CT molecular complexity index is 610. The number of halogens is 2. The molecule has 2 N–H and O–H groups in total. The Balaban J connectivity index is 2.73. The van der Waals surface area contributed by atoms with E-state index in [1.165, 1.54) is 6.08 Å². The van der Waals surface area contributed by atoms with Crippen LogP contribution >= 0.6 is 0 Å². The van der Waals surface area contributed by atoms with Gasteiger partial charge in [0.05, 0.1) is 6.61 Å². The first-order chi connectivity index (χ1) is 10.8. The van der Waals surface area contributed by atoms with Crippen LogP contribution in [0.1, 0.15) is 23.7 Å². The maximum Gasteiger partial charge on any atom is 0.330 e. The number of benzene rings is 1. The molecule has 1 aromatic carbocycles. The Morgan fingerprint density at radius 2 is 1.87 bits per heavy atom. The number of carbonyl (C=O) groups excluding carboxylic acids is 2. The number of carbonyl (C=O) groups is 3. The van der Waals surface area contributed by atoms with E-state index in [9.17, 15) is 23.2 Å². The van der Waals surface area contributed by atoms with Crippen molar-refractivity contribution in [1.82, 2.24) is 5.32 Å². The Kier molecular flexibility index (Phi) is 6.85. The van der Waals surface area contributed by atoms with Gasteiger partial charge in [-0.25, -0.2) is 18.4 Å². The second-order valence-corrected chi connectivity index (χ2v) is 4.41. The van der Waals surface area contributed by atoms with Crippen molar-refractivity contribution in [1.29, 1.82) is 0 Å². The minimum Gasteiger partial charge on any atom is -0.480 e. The summed E-state index contributed by atoms with van der Waals surface area (Å²) in [7, 11) is 0. The lowest BCUT2D eigenvalue weighted by Gasteiger charge is -2.12. The van der Waals surface area contributed by atoms with E-state index in [1.54, 1.807) is 6.92 Å². The SMILES string of the molecule is CCOC(=O)/C=C/C[C@H](NC(=O)c1cc(F)cc(F)c1)C(=O)O. The highest BCUT2D eigenvalue weighted by Gasteiger charge is 2.20. The smallest absolute Gasteiger partial charge is 0.330 e. The molecule has 0 aliphatic carbocycles. The van der Waals surface area contributed by atoms with E-state index in [0.717, 1.165) is 18.2 Å². The molecule has 1 aromatic rings. The minimum absolute atomic E-state index is 0.174. The summed E-state index contributed by atoms with van der Waals surface area (Å²) in [6.45, 7) is 1.79. The summed E-state index contributed by atoms with van der Waals surface area (Å²) < 4.78 is 30.7. The van der Waals surface area contributed by atoms with Crippen molar-refractivity contribution in [2.75, 3.05) is 6.61 Å². The van der Waals surface area contributed by atoms with Crippen LogP contribution in [0.25, 0.3) is 0 Å². The van der Waals surface area contributed by atoms with Crippen molar-refractivity contribution < 1.29 is 33.0 Å². The second kappa shape index (κ2) is 8.62. The maximum absolute atomic E-state index is 13.0. The molecule has 124 valence electrons. The van der Waals surface area contributed by atoms with E-state index >= 15 is 0 Å². The van der Waals surface area contributed by atoms with Gasteiger partial charge in [-0.05, 0) is 25.5 Å². The maximum atomic E-state index is 13.0. The Labute approximate surface area is 130 Å². The normalized spacial score (nSPS) is 12.0. The van der Waals surface area contributed by atoms with Crippen LogP contribution in [0, 0.1) is 11.6 Å². The number of carboxylic acids is 1. The number of esters is 1. The van der Waals surface area contributed by atoms with E-state index in [-0.39, 0.29) is 18.6 Å². The van der Waals surface area contributed by atoms with E-state index in [1.807, 2.05) is 0 Å². The summed E-state index contributed by atoms with van der Waals surface area (Å²) >= 11 is 0. The number of aliphatic carboxylic acids is 1. The summed E-state index contributed by atoms with van der Waals surface area (Å²) in [5, 5.41) is 11.2. The summed E-state index contributed by atoms with van der Waals surface area (Å²) in [6, 6.07) is 0.796. The van der Waals surface area contributed by atoms with Gasteiger partial charge >= 0.3 is 11.9 Å². The van der Waals surface area contributed by atoms with Crippen molar-refractivity contribution in [3.05, 3.63) is 47.5 Å². The number of ether oxygens (including phenoxy) is 1. The van der Waals surface area contributed by atoms with Crippen molar-refractivity contribution in [2.45, 2.75) is 19.4 Å². The Hall–Kier alpha value is -2.77. The number of hydrogen-bond donors (Lipinski definition) is 2. The van der Waals surface area contributed by atoms with Crippen molar-refractivity contribution in [3.63, 3.8) is 0 Å². The zero-order chi connectivity index (χ0) is 17.4. The molecule has 0 fully saturated rings. The van der Waals surface area contributed by atoms with Gasteiger partial charge in [0.25, 0.3) is 5.91 Å². The third kappa shape index (κ3) is 6.25. The van der Waals surface area contributed by atoms with Crippen LogP contribution in [0.4, 0.5) is 8.78 Å². The first-order valence-corrected chi connectivity index (χ1v) is 6.66. The van der Waals surface area contributed by atoms with Crippen LogP contribution in [-0.2, 0) is 14.3 Å². The standard InChI is InChI=1S/C15H15F2NO5/c1-2-23-13(19)5-3-4-12(15(21)22)18-14(20)9-6-10(16)8-11(17)7-9/h3,5-8,12H,2,4H2,1H3,(H,18,20)(H,21,22)/b5-3+/t12-/m0/s1. The van der Waals surface area contributed by atoms with Gasteiger partial charge in [0.2, 0.25) is 0 Å². The molecular weight excluding hydrogens is 312 g/mol. The van der Waals surface area contributed by atoms with Crippen LogP contribution in [0.15, 0.2) is 30.4 Å². The van der Waals surface area contributed by atoms with Gasteiger partial charge in [-0.2, -0.15) is 0 Å². The predicted octanol–water partition coefficient (Wildman–Crippen LogP) is 1.66. The van der Waals surface area contributed by atoms with Crippen LogP contribution in [-0.4, -0.2) is 35.6 Å². The predicted molar refractivity (Wildman–Crippen MR) is 75.6 cm³/mol. The van der Waals surface area contributed by atoms with Gasteiger partial charge in [-0.15, -0.1) is 0 Å². The second-order valence-electron chi connectivity index (χ2n) is 4.41. The highest BCUT2D eigenvalue weighted by molar-refractivity contribution is 5.96. The molecule has 0 spiro atoms. The Morgan fingerprint density at radius 1 is 1.26 bits per heavy atom. The molecule has 0 saturated carbocycles. The average molecular weight is 327 g/mol. The van der Waals surface area contributed by atoms with E-state index in [4.69, 9.17) is 5.11 Å². The molecule has 0 radical (unpaired) electrons. The third-order valence-electron chi connectivity index (χ3n) is 2.64. The third-order valence-corrected chi connectivity index (χ3v) is 2.64. The zero-order valence-corrected chi connectivity index (χ0v) is 12.2. The minimum atomic E-state index is -1.36. The molecule has 0 aliphatic heterocycles. The molecule has 23 heavy (non-hydrogen) atoms. The first-order valence-electron chi connectivity index (χ1n) is 6.66. The van der Waals surface area contributed by atoms with Gasteiger partial charge in [-0.1, -0.05) is 6.08 Å². The van der Waals surface area contributed by atoms with Gasteiger partial charge in [0, 0.05) is 17.7 Å². The Morgan fingerprint density at radius 3 is 2.39 bits per heavy atom. The van der Waals surface area contributed by atoms with Crippen molar-refractivity contribution >= 4 is 17.8 Å². The first kappa shape index (κ1) is 18.3. The molecule has 1 amide bonds. The molecule has 6 nitrogen and oxygen atoms in total. The fourth-order valence-corrected chi connectivity index (χ4v) is 1.64. The van der Waals surface area contributed by atoms with E-state index in [0.29, 0.717) is 6.07 Å². The van der Waals surface area contributed by atoms with Gasteiger partial charge in [-0.3, -0.25) is 4.79 Å². The fourth-order valence-electron chi connectivity index (χ4n) is 1.64. The lowest BCUT2D eigenvalue weighted by Crippen LogP contribution is -2.40. The van der Waals surface area contributed by atoms with Gasteiger partial charge < -0.3 is 15.2 Å². The summed E-state index contributed by atoms with van der Waals surface area (Å²) in [4.78, 5) is 34.0. The molecular formula is C15H15F2NO5. The topological polar surface area (TPSA) is 92.7 Å². The largest absolute Gasteiger partial charge is 0.480 e. The number of carboxylic acid groups (broad SMARTS) is 1. The summed E-state index contributed by atoms with van der Waals surface area (Å²) in [5.41, 5.74) is -0.344. The quantitative estimate of drug-likeness (QED) is 0.587. The fraction of sp³-hybridized carbons (Fsp3) is 0.267. The lowest BCUT2D eigenvalue weighted by molar-refractivity contribution is -0.139. The molecule has 0 saturated heterocycles. The van der Waals surface area contributed by atoms with Crippen molar-refractivity contribution in [3.8, 4) is 0 Å². The van der Waals surface area contributed by atoms with Gasteiger partial charge in [0.15, 0.2) is 0 Å². The van der Waals surface area contributed by atoms with Gasteiger partial charge in [0.1, 0.15) is 17.7 Å². The monoisotopic (exact) mass is 327 g/mol. The van der Waals surface area contributed by atoms with Crippen LogP contribution in [0.5, 0.6) is 0 Å². The lowest BCUT2D eigenvalue weighted by atomic mass is 10.1. The number of rotatable bonds is 7. The van der Waals surface area contributed by atoms with Crippen LogP contribution < -0.4 is 5.32 Å². The molecule has 1 rings (SSSR count). The number of nitrogens with one attached hydrogen (secondary N) is 1. The molecule has 0 aliphatic rings. The summed E-state index contributed by atoms with van der Waals surface area (Å²) in [5.74, 6) is -4.85. The van der Waals surface area contributed by atoms with Crippen molar-refractivity contribution in [2.24, 2.45) is 0 Å². The average Bonchev–Trinajstić information content (AvgIpc) is 2.45. The van der Waals surface area contributed by atoms with Crippen LogP contribution in [0.2, 0.25) is 0 Å². The zero-order valence-electron chi connectivity index (χ0n) is 12.2. The molecule has 1 atom stereocenters. The number of amides is 1. The highest BCUT2D eigenvalue weighted by atomic mass is 19.1. The molecule has 0 bridgehead atoms. The molecule has 0 unspecified atom stereocenters. The molecule has 0 heterocycles. The van der Waals surface area contributed by atoms with Crippen LogP contribution in [0.3, 0.4) is 0 Å². The molecule has 0 aromatic heterocycles. The van der Waals surface area contributed by atoms with E-state index < -0.39 is 35.5 Å². The highest BCUT2D eigenvalue weighted by Crippen LogP contribution is 2.08.